The van der Waals surface area contributed by atoms with Crippen molar-refractivity contribution in [2.24, 2.45) is 9.50 Å². The second kappa shape index (κ2) is 4.86. The van der Waals surface area contributed by atoms with E-state index in [0.29, 0.717) is 5.56 Å². The lowest BCUT2D eigenvalue weighted by molar-refractivity contribution is 0.599. The van der Waals surface area contributed by atoms with Crippen molar-refractivity contribution in [1.29, 1.82) is 0 Å². The predicted molar refractivity (Wildman–Crippen MR) is 75.1 cm³/mol. The van der Waals surface area contributed by atoms with E-state index in [1.165, 1.54) is 6.07 Å². The number of hydrazone groups is 1. The quantitative estimate of drug-likeness (QED) is 0.663. The average Bonchev–Trinajstić information content (AvgIpc) is 2.72. The molecule has 0 aliphatic carbocycles. The highest BCUT2D eigenvalue weighted by Gasteiger charge is 2.27. The topological polar surface area (TPSA) is 83.8 Å². The normalized spacial score (nSPS) is 15.9. The van der Waals surface area contributed by atoms with E-state index in [1.54, 1.807) is 48.9 Å². The molecule has 0 saturated heterocycles. The van der Waals surface area contributed by atoms with Crippen LogP contribution in [0.25, 0.3) is 0 Å². The highest BCUT2D eigenvalue weighted by molar-refractivity contribution is 7.90. The van der Waals surface area contributed by atoms with Crippen LogP contribution in [0.2, 0.25) is 0 Å². The molecule has 1 aliphatic heterocycles. The van der Waals surface area contributed by atoms with Crippen molar-refractivity contribution >= 4 is 22.1 Å². The maximum Gasteiger partial charge on any atom is 0.285 e. The minimum atomic E-state index is -3.61. The summed E-state index contributed by atoms with van der Waals surface area (Å²) in [4.78, 5) is 4.09. The van der Waals surface area contributed by atoms with Gasteiger partial charge >= 0.3 is 0 Å². The van der Waals surface area contributed by atoms with Crippen molar-refractivity contribution in [3.8, 4) is 0 Å². The van der Waals surface area contributed by atoms with Crippen LogP contribution in [0, 0.1) is 0 Å². The second-order valence-corrected chi connectivity index (χ2v) is 5.63. The van der Waals surface area contributed by atoms with Crippen molar-refractivity contribution in [3.63, 3.8) is 0 Å². The summed E-state index contributed by atoms with van der Waals surface area (Å²) in [6.45, 7) is 0. The van der Waals surface area contributed by atoms with E-state index >= 15 is 0 Å². The summed E-state index contributed by atoms with van der Waals surface area (Å²) in [6, 6.07) is 10.2. The Labute approximate surface area is 116 Å². The molecule has 1 N–H and O–H groups in total. The van der Waals surface area contributed by atoms with Gasteiger partial charge in [0, 0.05) is 18.0 Å². The SMILES string of the molecule is O=S1(=O)N=C(N/N=C\c2ccncc2)c2ccccc21. The summed E-state index contributed by atoms with van der Waals surface area (Å²) in [5.41, 5.74) is 4.04. The van der Waals surface area contributed by atoms with Crippen molar-refractivity contribution < 1.29 is 8.42 Å². The summed E-state index contributed by atoms with van der Waals surface area (Å²) in [5.74, 6) is 0.228. The van der Waals surface area contributed by atoms with Gasteiger partial charge in [-0.3, -0.25) is 10.4 Å². The Hall–Kier alpha value is -2.54. The van der Waals surface area contributed by atoms with E-state index in [-0.39, 0.29) is 10.7 Å². The Morgan fingerprint density at radius 1 is 1.10 bits per heavy atom. The molecule has 2 heterocycles. The third kappa shape index (κ3) is 2.30. The van der Waals surface area contributed by atoms with Gasteiger partial charge in [-0.2, -0.15) is 13.5 Å². The number of sulfonamides is 1. The molecule has 0 saturated carbocycles. The summed E-state index contributed by atoms with van der Waals surface area (Å²) in [7, 11) is -3.61. The molecule has 0 amide bonds. The number of hydrogen-bond acceptors (Lipinski definition) is 5. The standard InChI is InChI=1S/C13H10N4O2S/c18-20(19)12-4-2-1-3-11(12)13(17-20)16-15-9-10-5-7-14-8-6-10/h1-9H,(H,16,17)/b15-9-. The fourth-order valence-electron chi connectivity index (χ4n) is 1.80. The zero-order valence-corrected chi connectivity index (χ0v) is 11.1. The van der Waals surface area contributed by atoms with Gasteiger partial charge in [0.15, 0.2) is 5.84 Å². The molecule has 0 radical (unpaired) electrons. The average molecular weight is 286 g/mol. The monoisotopic (exact) mass is 286 g/mol. The van der Waals surface area contributed by atoms with Crippen LogP contribution in [0.5, 0.6) is 0 Å². The van der Waals surface area contributed by atoms with Crippen LogP contribution < -0.4 is 5.43 Å². The predicted octanol–water partition coefficient (Wildman–Crippen LogP) is 1.15. The highest BCUT2D eigenvalue weighted by atomic mass is 32.2. The first kappa shape index (κ1) is 12.5. The van der Waals surface area contributed by atoms with Gasteiger partial charge in [-0.15, -0.1) is 4.40 Å². The summed E-state index contributed by atoms with van der Waals surface area (Å²) in [5, 5.41) is 3.99. The number of nitrogens with one attached hydrogen (secondary N) is 1. The third-order valence-corrected chi connectivity index (χ3v) is 4.06. The summed E-state index contributed by atoms with van der Waals surface area (Å²) < 4.78 is 27.3. The van der Waals surface area contributed by atoms with Gasteiger partial charge in [-0.1, -0.05) is 12.1 Å². The van der Waals surface area contributed by atoms with E-state index < -0.39 is 10.0 Å². The maximum atomic E-state index is 11.8. The zero-order valence-electron chi connectivity index (χ0n) is 10.3. The first-order chi connectivity index (χ1) is 9.67. The van der Waals surface area contributed by atoms with E-state index in [1.807, 2.05) is 0 Å². The van der Waals surface area contributed by atoms with Gasteiger partial charge in [0.25, 0.3) is 10.0 Å². The van der Waals surface area contributed by atoms with E-state index in [4.69, 9.17) is 0 Å². The molecule has 1 aromatic carbocycles. The molecule has 0 unspecified atom stereocenters. The van der Waals surface area contributed by atoms with Crippen LogP contribution in [0.4, 0.5) is 0 Å². The Kier molecular flexibility index (Phi) is 3.03. The lowest BCUT2D eigenvalue weighted by atomic mass is 10.2. The van der Waals surface area contributed by atoms with E-state index in [9.17, 15) is 8.42 Å². The number of rotatable bonds is 2. The molecular weight excluding hydrogens is 276 g/mol. The molecule has 3 rings (SSSR count). The van der Waals surface area contributed by atoms with Crippen LogP contribution in [-0.2, 0) is 10.0 Å². The minimum Gasteiger partial charge on any atom is -0.265 e. The fraction of sp³-hybridized carbons (Fsp3) is 0. The van der Waals surface area contributed by atoms with Crippen molar-refractivity contribution in [1.82, 2.24) is 10.4 Å². The van der Waals surface area contributed by atoms with Crippen LogP contribution >= 0.6 is 0 Å². The van der Waals surface area contributed by atoms with Crippen LogP contribution in [0.15, 0.2) is 63.2 Å². The molecule has 1 aromatic heterocycles. The molecule has 0 fully saturated rings. The van der Waals surface area contributed by atoms with Crippen molar-refractivity contribution in [2.75, 3.05) is 0 Å². The molecule has 7 heteroatoms. The first-order valence-electron chi connectivity index (χ1n) is 5.80. The highest BCUT2D eigenvalue weighted by Crippen LogP contribution is 2.24. The molecular formula is C13H10N4O2S. The molecule has 0 spiro atoms. The number of pyridine rings is 1. The molecule has 2 aromatic rings. The number of benzene rings is 1. The van der Waals surface area contributed by atoms with Crippen LogP contribution in [-0.4, -0.2) is 25.5 Å². The smallest absolute Gasteiger partial charge is 0.265 e. The molecule has 100 valence electrons. The summed E-state index contributed by atoms with van der Waals surface area (Å²) >= 11 is 0. The lowest BCUT2D eigenvalue weighted by Gasteiger charge is -1.99. The molecule has 0 bridgehead atoms. The van der Waals surface area contributed by atoms with Crippen molar-refractivity contribution in [2.45, 2.75) is 4.90 Å². The Morgan fingerprint density at radius 3 is 2.65 bits per heavy atom. The number of aromatic nitrogens is 1. The Balaban J connectivity index is 1.85. The van der Waals surface area contributed by atoms with Gasteiger partial charge in [0.2, 0.25) is 0 Å². The summed E-state index contributed by atoms with van der Waals surface area (Å²) in [6.07, 6.45) is 4.86. The van der Waals surface area contributed by atoms with E-state index in [2.05, 4.69) is 19.9 Å². The Bertz CT molecular complexity index is 798. The molecule has 1 aliphatic rings. The third-order valence-electron chi connectivity index (χ3n) is 2.72. The van der Waals surface area contributed by atoms with Gasteiger partial charge in [0.05, 0.1) is 6.21 Å². The van der Waals surface area contributed by atoms with Crippen molar-refractivity contribution in [3.05, 3.63) is 59.9 Å². The molecule has 0 atom stereocenters. The zero-order chi connectivity index (χ0) is 14.0. The van der Waals surface area contributed by atoms with Gasteiger partial charge < -0.3 is 0 Å². The van der Waals surface area contributed by atoms with Crippen LogP contribution in [0.3, 0.4) is 0 Å². The number of hydrogen-bond donors (Lipinski definition) is 1. The maximum absolute atomic E-state index is 11.8. The molecule has 6 nitrogen and oxygen atoms in total. The first-order valence-corrected chi connectivity index (χ1v) is 7.24. The van der Waals surface area contributed by atoms with Gasteiger partial charge in [0.1, 0.15) is 4.90 Å². The number of amidine groups is 1. The largest absolute Gasteiger partial charge is 0.285 e. The lowest BCUT2D eigenvalue weighted by Crippen LogP contribution is -2.17. The second-order valence-electron chi connectivity index (χ2n) is 4.06. The van der Waals surface area contributed by atoms with Gasteiger partial charge in [-0.25, -0.2) is 0 Å². The fourth-order valence-corrected chi connectivity index (χ4v) is 2.97. The van der Waals surface area contributed by atoms with Gasteiger partial charge in [-0.05, 0) is 29.8 Å². The molecule has 20 heavy (non-hydrogen) atoms. The number of nitrogens with zero attached hydrogens (tertiary/aromatic N) is 3. The Morgan fingerprint density at radius 2 is 1.85 bits per heavy atom. The van der Waals surface area contributed by atoms with Crippen LogP contribution in [0.1, 0.15) is 11.1 Å². The number of fused-ring (bicyclic) bond motifs is 1. The minimum absolute atomic E-state index is 0.196. The van der Waals surface area contributed by atoms with E-state index in [0.717, 1.165) is 5.56 Å².